The van der Waals surface area contributed by atoms with E-state index in [1.165, 1.54) is 89.5 Å². The molecule has 0 bridgehead atoms. The summed E-state index contributed by atoms with van der Waals surface area (Å²) in [5.41, 5.74) is 2.65. The molecule has 0 fully saturated rings. The van der Waals surface area contributed by atoms with Crippen molar-refractivity contribution in [3.63, 3.8) is 0 Å². The molecule has 0 atom stereocenters. The number of rotatable bonds is 25. The Morgan fingerprint density at radius 2 is 1.12 bits per heavy atom. The summed E-state index contributed by atoms with van der Waals surface area (Å²) >= 11 is 0. The van der Waals surface area contributed by atoms with Crippen LogP contribution in [0.2, 0.25) is 0 Å². The maximum Gasteiger partial charge on any atom is 0.311 e. The second-order valence-corrected chi connectivity index (χ2v) is 13.3. The third kappa shape index (κ3) is 15.3. The van der Waals surface area contributed by atoms with E-state index in [1.54, 1.807) is 36.4 Å². The van der Waals surface area contributed by atoms with Crippen LogP contribution in [-0.4, -0.2) is 30.2 Å². The molecule has 270 valence electrons. The van der Waals surface area contributed by atoms with Crippen molar-refractivity contribution in [3.05, 3.63) is 108 Å². The summed E-state index contributed by atoms with van der Waals surface area (Å²) in [5.74, 6) is 0.350. The van der Waals surface area contributed by atoms with Crippen LogP contribution in [-0.2, 0) is 14.4 Å². The van der Waals surface area contributed by atoms with Gasteiger partial charge in [0, 0.05) is 18.1 Å². The molecule has 0 aliphatic carbocycles. The zero-order chi connectivity index (χ0) is 35.9. The Kier molecular flexibility index (Phi) is 17.5. The molecule has 3 aromatic rings. The molecular formula is C44H53NO6. The highest BCUT2D eigenvalue weighted by atomic mass is 16.5. The first-order valence-corrected chi connectivity index (χ1v) is 18.9. The lowest BCUT2D eigenvalue weighted by Crippen LogP contribution is -2.21. The molecule has 0 spiro atoms. The third-order valence-corrected chi connectivity index (χ3v) is 9.06. The molecule has 4 rings (SSSR count). The largest absolute Gasteiger partial charge is 0.494 e. The molecule has 0 saturated carbocycles. The minimum absolute atomic E-state index is 0.0450. The molecule has 0 radical (unpaired) electrons. The summed E-state index contributed by atoms with van der Waals surface area (Å²) in [6.07, 6.45) is 24.7. The molecule has 1 aliphatic heterocycles. The summed E-state index contributed by atoms with van der Waals surface area (Å²) in [6.45, 7) is 0.688. The summed E-state index contributed by atoms with van der Waals surface area (Å²) in [5, 5.41) is 2.26. The highest BCUT2D eigenvalue weighted by Crippen LogP contribution is 2.22. The van der Waals surface area contributed by atoms with Gasteiger partial charge in [-0.15, -0.1) is 0 Å². The Bertz CT molecular complexity index is 1570. The first-order valence-electron chi connectivity index (χ1n) is 18.9. The van der Waals surface area contributed by atoms with Crippen molar-refractivity contribution in [3.8, 4) is 11.5 Å². The number of ketones is 1. The zero-order valence-electron chi connectivity index (χ0n) is 29.9. The van der Waals surface area contributed by atoms with Gasteiger partial charge in [0.2, 0.25) is 0 Å². The molecule has 1 aliphatic rings. The molecule has 0 unspecified atom stereocenters. The van der Waals surface area contributed by atoms with Crippen LogP contribution in [0.4, 0.5) is 0 Å². The topological polar surface area (TPSA) is 98.8 Å². The molecule has 3 aromatic carbocycles. The number of carbonyl (C=O) groups excluding carboxylic acids is 4. The number of ether oxygens (including phenoxy) is 2. The summed E-state index contributed by atoms with van der Waals surface area (Å²) in [6, 6.07) is 23.7. The predicted molar refractivity (Wildman–Crippen MR) is 203 cm³/mol. The number of benzene rings is 3. The van der Waals surface area contributed by atoms with Crippen molar-refractivity contribution < 1.29 is 28.7 Å². The normalized spacial score (nSPS) is 12.6. The summed E-state index contributed by atoms with van der Waals surface area (Å²) in [7, 11) is 0. The van der Waals surface area contributed by atoms with Crippen LogP contribution < -0.4 is 14.8 Å². The number of amides is 2. The van der Waals surface area contributed by atoms with Crippen molar-refractivity contribution in [1.82, 2.24) is 5.32 Å². The number of allylic oxidation sites excluding steroid dienone is 1. The van der Waals surface area contributed by atoms with Gasteiger partial charge in [0.15, 0.2) is 5.78 Å². The van der Waals surface area contributed by atoms with E-state index in [0.29, 0.717) is 29.9 Å². The number of unbranched alkanes of at least 4 members (excludes halogenated alkanes) is 15. The van der Waals surface area contributed by atoms with E-state index in [1.807, 2.05) is 54.6 Å². The molecule has 0 saturated heterocycles. The van der Waals surface area contributed by atoms with Gasteiger partial charge in [-0.3, -0.25) is 24.5 Å². The molecule has 2 amide bonds. The van der Waals surface area contributed by atoms with Crippen LogP contribution in [0.1, 0.15) is 131 Å². The van der Waals surface area contributed by atoms with E-state index < -0.39 is 0 Å². The van der Waals surface area contributed by atoms with Gasteiger partial charge in [0.25, 0.3) is 11.8 Å². The molecule has 7 heteroatoms. The first-order chi connectivity index (χ1) is 25.0. The minimum atomic E-state index is -0.369. The monoisotopic (exact) mass is 691 g/mol. The van der Waals surface area contributed by atoms with E-state index in [2.05, 4.69) is 5.32 Å². The first kappa shape index (κ1) is 39.0. The lowest BCUT2D eigenvalue weighted by atomic mass is 10.0. The Hall–Kier alpha value is -4.78. The van der Waals surface area contributed by atoms with Crippen LogP contribution >= 0.6 is 0 Å². The third-order valence-electron chi connectivity index (χ3n) is 9.06. The highest BCUT2D eigenvalue weighted by molar-refractivity contribution is 6.33. The molecule has 1 N–H and O–H groups in total. The van der Waals surface area contributed by atoms with Crippen LogP contribution in [0.3, 0.4) is 0 Å². The second kappa shape index (κ2) is 22.8. The van der Waals surface area contributed by atoms with Crippen LogP contribution in [0.5, 0.6) is 11.5 Å². The zero-order valence-corrected chi connectivity index (χ0v) is 29.9. The molecular weight excluding hydrogens is 638 g/mol. The Labute approximate surface area is 303 Å². The van der Waals surface area contributed by atoms with E-state index >= 15 is 0 Å². The fourth-order valence-electron chi connectivity index (χ4n) is 6.09. The van der Waals surface area contributed by atoms with Gasteiger partial charge in [-0.05, 0) is 54.3 Å². The average molecular weight is 692 g/mol. The lowest BCUT2D eigenvalue weighted by Gasteiger charge is -2.07. The van der Waals surface area contributed by atoms with Crippen LogP contribution in [0, 0.1) is 0 Å². The van der Waals surface area contributed by atoms with Gasteiger partial charge in [0.1, 0.15) is 11.5 Å². The summed E-state index contributed by atoms with van der Waals surface area (Å²) < 4.78 is 11.3. The number of nitrogens with one attached hydrogen (secondary N) is 1. The van der Waals surface area contributed by atoms with Crippen molar-refractivity contribution >= 4 is 35.2 Å². The van der Waals surface area contributed by atoms with Crippen LogP contribution in [0.15, 0.2) is 91.0 Å². The maximum absolute atomic E-state index is 12.2. The van der Waals surface area contributed by atoms with Gasteiger partial charge in [-0.25, -0.2) is 0 Å². The molecule has 51 heavy (non-hydrogen) atoms. The van der Waals surface area contributed by atoms with E-state index in [4.69, 9.17) is 9.47 Å². The number of imide groups is 1. The smallest absolute Gasteiger partial charge is 0.311 e. The van der Waals surface area contributed by atoms with E-state index in [0.717, 1.165) is 36.1 Å². The van der Waals surface area contributed by atoms with Crippen molar-refractivity contribution in [2.75, 3.05) is 6.61 Å². The fourth-order valence-corrected chi connectivity index (χ4v) is 6.09. The molecule has 1 heterocycles. The standard InChI is InChI=1S/C44H53NO6/c46-41(37-20-16-15-17-21-37)32-25-35-23-28-39(29-24-35)51-43(48)22-18-13-11-9-7-5-3-1-2-4-6-8-10-12-14-19-33-50-38-30-26-36(27-31-38)40-34-42(47)45-44(40)49/h15-17,20-21,23-32,34H,1-14,18-19,22,33H2,(H,45,47,49). The van der Waals surface area contributed by atoms with Crippen LogP contribution in [0.25, 0.3) is 11.6 Å². The number of hydrogen-bond donors (Lipinski definition) is 1. The van der Waals surface area contributed by atoms with Crippen molar-refractivity contribution in [2.45, 2.75) is 109 Å². The number of hydrogen-bond acceptors (Lipinski definition) is 6. The Morgan fingerprint density at radius 3 is 1.67 bits per heavy atom. The summed E-state index contributed by atoms with van der Waals surface area (Å²) in [4.78, 5) is 47.6. The van der Waals surface area contributed by atoms with Crippen molar-refractivity contribution in [2.24, 2.45) is 0 Å². The average Bonchev–Trinajstić information content (AvgIpc) is 3.49. The maximum atomic E-state index is 12.2. The lowest BCUT2D eigenvalue weighted by molar-refractivity contribution is -0.134. The van der Waals surface area contributed by atoms with Crippen molar-refractivity contribution in [1.29, 1.82) is 0 Å². The molecule has 7 nitrogen and oxygen atoms in total. The second-order valence-electron chi connectivity index (χ2n) is 13.3. The van der Waals surface area contributed by atoms with E-state index in [-0.39, 0.29) is 23.6 Å². The Balaban J connectivity index is 0.878. The number of esters is 1. The SMILES string of the molecule is O=C1C=C(c2ccc(OCCCCCCCCCCCCCCCCCCC(=O)Oc3ccc(C=CC(=O)c4ccccc4)cc3)cc2)C(=O)N1. The Morgan fingerprint density at radius 1 is 0.588 bits per heavy atom. The van der Waals surface area contributed by atoms with E-state index in [9.17, 15) is 19.2 Å². The van der Waals surface area contributed by atoms with Gasteiger partial charge in [-0.2, -0.15) is 0 Å². The number of carbonyl (C=O) groups is 4. The quantitative estimate of drug-likeness (QED) is 0.0237. The fraction of sp³-hybridized carbons (Fsp3) is 0.409. The van der Waals surface area contributed by atoms with Gasteiger partial charge in [-0.1, -0.05) is 151 Å². The van der Waals surface area contributed by atoms with Gasteiger partial charge < -0.3 is 9.47 Å². The minimum Gasteiger partial charge on any atom is -0.494 e. The van der Waals surface area contributed by atoms with Gasteiger partial charge in [0.05, 0.1) is 12.2 Å². The predicted octanol–water partition coefficient (Wildman–Crippen LogP) is 10.2. The molecule has 0 aromatic heterocycles. The highest BCUT2D eigenvalue weighted by Gasteiger charge is 2.21. The van der Waals surface area contributed by atoms with Gasteiger partial charge >= 0.3 is 5.97 Å².